The first-order chi connectivity index (χ1) is 16.5. The molecule has 4 rings (SSSR count). The highest BCUT2D eigenvalue weighted by Crippen LogP contribution is 2.23. The van der Waals surface area contributed by atoms with Crippen molar-refractivity contribution in [1.82, 2.24) is 15.1 Å². The highest BCUT2D eigenvalue weighted by Gasteiger charge is 2.28. The number of anilines is 1. The van der Waals surface area contributed by atoms with Gasteiger partial charge in [-0.05, 0) is 69.0 Å². The molecule has 2 heterocycles. The maximum Gasteiger partial charge on any atom is 0.317 e. The Hall–Kier alpha value is -3.11. The molecular formula is C27H34FN5O. The molecule has 6 nitrogen and oxygen atoms in total. The number of nitrogens with one attached hydrogen (secondary N) is 1. The summed E-state index contributed by atoms with van der Waals surface area (Å²) in [7, 11) is 0. The Morgan fingerprint density at radius 3 is 2.59 bits per heavy atom. The zero-order valence-electron chi connectivity index (χ0n) is 19.9. The first kappa shape index (κ1) is 24.0. The average Bonchev–Trinajstić information content (AvgIpc) is 2.86. The highest BCUT2D eigenvalue weighted by molar-refractivity contribution is 5.75. The number of rotatable bonds is 6. The molecule has 2 amide bonds. The number of nitriles is 1. The fraction of sp³-hybridized carbons (Fsp3) is 0.481. The van der Waals surface area contributed by atoms with Gasteiger partial charge in [-0.2, -0.15) is 5.26 Å². The van der Waals surface area contributed by atoms with Gasteiger partial charge < -0.3 is 15.1 Å². The largest absolute Gasteiger partial charge is 0.368 e. The van der Waals surface area contributed by atoms with Crippen LogP contribution >= 0.6 is 0 Å². The van der Waals surface area contributed by atoms with Crippen molar-refractivity contribution >= 4 is 11.7 Å². The van der Waals surface area contributed by atoms with Gasteiger partial charge in [0.1, 0.15) is 11.9 Å². The van der Waals surface area contributed by atoms with Crippen LogP contribution in [0.2, 0.25) is 0 Å². The molecule has 2 aromatic carbocycles. The number of urea groups is 1. The minimum Gasteiger partial charge on any atom is -0.368 e. The average molecular weight is 464 g/mol. The van der Waals surface area contributed by atoms with E-state index >= 15 is 0 Å². The van der Waals surface area contributed by atoms with Gasteiger partial charge in [0, 0.05) is 44.5 Å². The number of carbonyl (C=O) groups excluding carboxylic acids is 1. The van der Waals surface area contributed by atoms with E-state index in [4.69, 9.17) is 5.26 Å². The SMILES string of the molecule is C[C@@H]1CN(c2ccc(F)c(C#N)c2)CCN1C(=O)NCCC1CCN(Cc2ccccc2)CC1. The monoisotopic (exact) mass is 463 g/mol. The maximum atomic E-state index is 13.6. The maximum absolute atomic E-state index is 13.6. The topological polar surface area (TPSA) is 62.6 Å². The lowest BCUT2D eigenvalue weighted by Gasteiger charge is -2.41. The Bertz CT molecular complexity index is 1000. The summed E-state index contributed by atoms with van der Waals surface area (Å²) in [4.78, 5) is 19.3. The smallest absolute Gasteiger partial charge is 0.317 e. The van der Waals surface area contributed by atoms with Crippen LogP contribution in [0, 0.1) is 23.1 Å². The van der Waals surface area contributed by atoms with Crippen molar-refractivity contribution in [2.75, 3.05) is 44.2 Å². The third kappa shape index (κ3) is 6.06. The van der Waals surface area contributed by atoms with Crippen LogP contribution < -0.4 is 10.2 Å². The second kappa shape index (κ2) is 11.3. The molecule has 0 spiro atoms. The Labute approximate surface area is 201 Å². The van der Waals surface area contributed by atoms with E-state index in [0.29, 0.717) is 32.1 Å². The van der Waals surface area contributed by atoms with Crippen molar-refractivity contribution in [2.24, 2.45) is 5.92 Å². The van der Waals surface area contributed by atoms with E-state index in [0.717, 1.165) is 31.7 Å². The second-order valence-corrected chi connectivity index (χ2v) is 9.49. The van der Waals surface area contributed by atoms with Crippen LogP contribution in [0.3, 0.4) is 0 Å². The van der Waals surface area contributed by atoms with Crippen molar-refractivity contribution in [2.45, 2.75) is 38.8 Å². The lowest BCUT2D eigenvalue weighted by atomic mass is 9.93. The fourth-order valence-corrected chi connectivity index (χ4v) is 5.05. The van der Waals surface area contributed by atoms with Crippen LogP contribution in [0.4, 0.5) is 14.9 Å². The summed E-state index contributed by atoms with van der Waals surface area (Å²) in [5.41, 5.74) is 2.24. The zero-order chi connectivity index (χ0) is 23.9. The number of carbonyl (C=O) groups is 1. The second-order valence-electron chi connectivity index (χ2n) is 9.49. The van der Waals surface area contributed by atoms with Crippen LogP contribution in [0.25, 0.3) is 0 Å². The summed E-state index contributed by atoms with van der Waals surface area (Å²) >= 11 is 0. The Morgan fingerprint density at radius 2 is 1.88 bits per heavy atom. The van der Waals surface area contributed by atoms with Crippen molar-refractivity contribution in [3.05, 3.63) is 65.5 Å². The highest BCUT2D eigenvalue weighted by atomic mass is 19.1. The van der Waals surface area contributed by atoms with Crippen LogP contribution in [0.1, 0.15) is 37.3 Å². The van der Waals surface area contributed by atoms with Crippen molar-refractivity contribution in [3.63, 3.8) is 0 Å². The number of hydrogen-bond acceptors (Lipinski definition) is 4. The van der Waals surface area contributed by atoms with Crippen molar-refractivity contribution < 1.29 is 9.18 Å². The summed E-state index contributed by atoms with van der Waals surface area (Å²) in [5, 5.41) is 12.2. The lowest BCUT2D eigenvalue weighted by Crippen LogP contribution is -2.56. The molecule has 2 aromatic rings. The van der Waals surface area contributed by atoms with E-state index in [1.54, 1.807) is 12.1 Å². The molecule has 180 valence electrons. The van der Waals surface area contributed by atoms with Gasteiger partial charge >= 0.3 is 6.03 Å². The molecule has 1 atom stereocenters. The Morgan fingerprint density at radius 1 is 1.12 bits per heavy atom. The number of hydrogen-bond donors (Lipinski definition) is 1. The Balaban J connectivity index is 1.17. The molecule has 0 aromatic heterocycles. The number of likely N-dealkylation sites (tertiary alicyclic amines) is 1. The standard InChI is InChI=1S/C27H34FN5O/c1-21-19-32(25-7-8-26(28)24(17-25)18-29)15-16-33(21)27(34)30-12-9-22-10-13-31(14-11-22)20-23-5-3-2-4-6-23/h2-8,17,21-22H,9-16,19-20H2,1H3,(H,30,34)/t21-/m1/s1. The molecule has 34 heavy (non-hydrogen) atoms. The summed E-state index contributed by atoms with van der Waals surface area (Å²) in [6.45, 7) is 7.90. The van der Waals surface area contributed by atoms with Crippen LogP contribution in [0.15, 0.2) is 48.5 Å². The molecule has 0 unspecified atom stereocenters. The number of nitrogens with zero attached hydrogens (tertiary/aromatic N) is 4. The lowest BCUT2D eigenvalue weighted by molar-refractivity contribution is 0.162. The number of piperidine rings is 1. The van der Waals surface area contributed by atoms with E-state index in [2.05, 4.69) is 45.4 Å². The van der Waals surface area contributed by atoms with Gasteiger partial charge in [0.05, 0.1) is 5.56 Å². The summed E-state index contributed by atoms with van der Waals surface area (Å²) in [5.74, 6) is 0.161. The van der Waals surface area contributed by atoms with E-state index in [-0.39, 0.29) is 17.6 Å². The molecule has 0 bridgehead atoms. The normalized spacial score (nSPS) is 19.6. The first-order valence-corrected chi connectivity index (χ1v) is 12.3. The summed E-state index contributed by atoms with van der Waals surface area (Å²) < 4.78 is 13.6. The summed E-state index contributed by atoms with van der Waals surface area (Å²) in [6.07, 6.45) is 3.38. The number of amides is 2. The molecule has 0 aliphatic carbocycles. The predicted molar refractivity (Wildman–Crippen MR) is 132 cm³/mol. The molecule has 0 radical (unpaired) electrons. The molecule has 2 aliphatic heterocycles. The van der Waals surface area contributed by atoms with Crippen molar-refractivity contribution in [3.8, 4) is 6.07 Å². The first-order valence-electron chi connectivity index (χ1n) is 12.3. The van der Waals surface area contributed by atoms with Gasteiger partial charge in [0.25, 0.3) is 0 Å². The third-order valence-corrected chi connectivity index (χ3v) is 7.11. The van der Waals surface area contributed by atoms with Gasteiger partial charge in [0.15, 0.2) is 0 Å². The number of piperazine rings is 1. The molecular weight excluding hydrogens is 429 g/mol. The van der Waals surface area contributed by atoms with Crippen LogP contribution in [-0.4, -0.2) is 61.1 Å². The van der Waals surface area contributed by atoms with Crippen molar-refractivity contribution in [1.29, 1.82) is 5.26 Å². The van der Waals surface area contributed by atoms with E-state index in [1.807, 2.05) is 17.9 Å². The predicted octanol–water partition coefficient (Wildman–Crippen LogP) is 4.22. The molecule has 1 N–H and O–H groups in total. The molecule has 2 saturated heterocycles. The zero-order valence-corrected chi connectivity index (χ0v) is 19.9. The number of halogens is 1. The van der Waals surface area contributed by atoms with Gasteiger partial charge in [-0.15, -0.1) is 0 Å². The number of benzene rings is 2. The van der Waals surface area contributed by atoms with Gasteiger partial charge in [0.2, 0.25) is 0 Å². The Kier molecular flexibility index (Phi) is 8.02. The fourth-order valence-electron chi connectivity index (χ4n) is 5.05. The molecule has 2 fully saturated rings. The van der Waals surface area contributed by atoms with E-state index < -0.39 is 5.82 Å². The summed E-state index contributed by atoms with van der Waals surface area (Å²) in [6, 6.07) is 17.2. The van der Waals surface area contributed by atoms with Gasteiger partial charge in [-0.25, -0.2) is 9.18 Å². The minimum atomic E-state index is -0.501. The molecule has 0 saturated carbocycles. The third-order valence-electron chi connectivity index (χ3n) is 7.11. The minimum absolute atomic E-state index is 0.00881. The van der Waals surface area contributed by atoms with Gasteiger partial charge in [-0.1, -0.05) is 30.3 Å². The van der Waals surface area contributed by atoms with Crippen LogP contribution in [0.5, 0.6) is 0 Å². The van der Waals surface area contributed by atoms with Crippen LogP contribution in [-0.2, 0) is 6.54 Å². The van der Waals surface area contributed by atoms with E-state index in [1.165, 1.54) is 24.5 Å². The molecule has 7 heteroatoms. The van der Waals surface area contributed by atoms with E-state index in [9.17, 15) is 9.18 Å². The molecule has 2 aliphatic rings. The van der Waals surface area contributed by atoms with Gasteiger partial charge in [-0.3, -0.25) is 4.90 Å². The quantitative estimate of drug-likeness (QED) is 0.697.